The first kappa shape index (κ1) is 32.2. The van der Waals surface area contributed by atoms with Crippen molar-refractivity contribution in [2.24, 2.45) is 0 Å². The molecule has 3 nitrogen and oxygen atoms in total. The largest absolute Gasteiger partial charge is 0.498 e. The van der Waals surface area contributed by atoms with Crippen LogP contribution in [0.2, 0.25) is 10.1 Å². The summed E-state index contributed by atoms with van der Waals surface area (Å²) in [6, 6.07) is 43.5. The number of hydrogen-bond donors (Lipinski definition) is 0. The minimum Gasteiger partial charge on any atom is -0.498 e. The lowest BCUT2D eigenvalue weighted by molar-refractivity contribution is 0.0540. The normalized spacial score (nSPS) is 17.7. The van der Waals surface area contributed by atoms with Crippen molar-refractivity contribution in [3.8, 4) is 0 Å². The third kappa shape index (κ3) is 6.43. The third-order valence-electron chi connectivity index (χ3n) is 8.98. The highest BCUT2D eigenvalue weighted by Gasteiger charge is 2.52. The molecule has 0 spiro atoms. The predicted octanol–water partition coefficient (Wildman–Crippen LogP) is 7.20. The van der Waals surface area contributed by atoms with Crippen molar-refractivity contribution in [3.63, 3.8) is 0 Å². The lowest BCUT2D eigenvalue weighted by Gasteiger charge is -2.45. The van der Waals surface area contributed by atoms with Gasteiger partial charge >= 0.3 is 0 Å². The van der Waals surface area contributed by atoms with Crippen LogP contribution in [0.4, 0.5) is 0 Å². The van der Waals surface area contributed by atoms with Gasteiger partial charge in [-0.2, -0.15) is 0 Å². The molecule has 44 heavy (non-hydrogen) atoms. The van der Waals surface area contributed by atoms with Crippen molar-refractivity contribution < 1.29 is 13.6 Å². The Balaban J connectivity index is 1.39. The van der Waals surface area contributed by atoms with Gasteiger partial charge in [0.05, 0.1) is 12.4 Å². The summed E-state index contributed by atoms with van der Waals surface area (Å²) < 4.78 is 20.8. The molecule has 1 heterocycles. The fourth-order valence-electron chi connectivity index (χ4n) is 6.93. The van der Waals surface area contributed by atoms with Crippen molar-refractivity contribution in [2.45, 2.75) is 76.7 Å². The van der Waals surface area contributed by atoms with Crippen LogP contribution in [0.1, 0.15) is 54.4 Å². The Bertz CT molecular complexity index is 1400. The molecule has 1 aliphatic rings. The van der Waals surface area contributed by atoms with Gasteiger partial charge in [0, 0.05) is 19.4 Å². The molecule has 0 saturated heterocycles. The Morgan fingerprint density at radius 2 is 0.977 bits per heavy atom. The van der Waals surface area contributed by atoms with E-state index in [2.05, 4.69) is 169 Å². The van der Waals surface area contributed by atoms with Crippen LogP contribution < -0.4 is 20.7 Å². The molecular formula is C39H48O3Si2. The summed E-state index contributed by atoms with van der Waals surface area (Å²) >= 11 is 0. The lowest BCUT2D eigenvalue weighted by atomic mass is 10.1. The standard InChI is InChI=1S/C39H48O3Si2/c1-38(2,3)43(34-19-11-7-12-20-34,35-21-13-8-14-22-35)41-30-28-32-31-33(27-29-40-32)42-44(39(4,5)6,36-23-15-9-16-24-36)37-25-17-10-18-26-37/h7-27,29,32-33H,28,30-31H2,1-6H3/t32-,33+/m1/s1. The van der Waals surface area contributed by atoms with E-state index in [0.717, 1.165) is 12.8 Å². The Kier molecular flexibility index (Phi) is 9.81. The highest BCUT2D eigenvalue weighted by atomic mass is 28.4. The fraction of sp³-hybridized carbons (Fsp3) is 0.333. The highest BCUT2D eigenvalue weighted by Crippen LogP contribution is 2.39. The Morgan fingerprint density at radius 1 is 0.591 bits per heavy atom. The van der Waals surface area contributed by atoms with E-state index >= 15 is 0 Å². The van der Waals surface area contributed by atoms with Gasteiger partial charge in [-0.05, 0) is 36.9 Å². The molecule has 4 aromatic carbocycles. The smallest absolute Gasteiger partial charge is 0.261 e. The van der Waals surface area contributed by atoms with E-state index in [0.29, 0.717) is 6.61 Å². The zero-order valence-corrected chi connectivity index (χ0v) is 29.2. The molecule has 0 aromatic heterocycles. The van der Waals surface area contributed by atoms with Gasteiger partial charge < -0.3 is 13.6 Å². The van der Waals surface area contributed by atoms with Crippen molar-refractivity contribution in [3.05, 3.63) is 134 Å². The van der Waals surface area contributed by atoms with Crippen molar-refractivity contribution in [2.75, 3.05) is 6.61 Å². The molecule has 0 bridgehead atoms. The minimum atomic E-state index is -2.67. The summed E-state index contributed by atoms with van der Waals surface area (Å²) in [7, 11) is -5.27. The van der Waals surface area contributed by atoms with E-state index in [1.165, 1.54) is 20.7 Å². The summed E-state index contributed by atoms with van der Waals surface area (Å²) in [6.45, 7) is 14.6. The maximum atomic E-state index is 7.43. The average molecular weight is 621 g/mol. The Morgan fingerprint density at radius 3 is 1.36 bits per heavy atom. The van der Waals surface area contributed by atoms with E-state index in [1.54, 1.807) is 0 Å². The first-order chi connectivity index (χ1) is 21.1. The number of rotatable bonds is 10. The van der Waals surface area contributed by atoms with Crippen LogP contribution in [-0.2, 0) is 13.6 Å². The molecular weight excluding hydrogens is 573 g/mol. The molecule has 5 heteroatoms. The van der Waals surface area contributed by atoms with Gasteiger partial charge in [-0.3, -0.25) is 0 Å². The first-order valence-corrected chi connectivity index (χ1v) is 19.8. The second-order valence-electron chi connectivity index (χ2n) is 13.9. The van der Waals surface area contributed by atoms with E-state index in [1.807, 2.05) is 6.26 Å². The monoisotopic (exact) mass is 620 g/mol. The van der Waals surface area contributed by atoms with Crippen molar-refractivity contribution in [1.82, 2.24) is 0 Å². The van der Waals surface area contributed by atoms with Gasteiger partial charge in [0.1, 0.15) is 6.10 Å². The summed E-state index contributed by atoms with van der Waals surface area (Å²) in [4.78, 5) is 0. The van der Waals surface area contributed by atoms with Crippen molar-refractivity contribution in [1.29, 1.82) is 0 Å². The Hall–Kier alpha value is -3.23. The number of hydrogen-bond acceptors (Lipinski definition) is 3. The molecule has 0 radical (unpaired) electrons. The minimum absolute atomic E-state index is 0.0152. The Labute approximate surface area is 267 Å². The topological polar surface area (TPSA) is 27.7 Å². The van der Waals surface area contributed by atoms with Gasteiger partial charge in [-0.15, -0.1) is 0 Å². The predicted molar refractivity (Wildman–Crippen MR) is 189 cm³/mol. The molecule has 0 saturated carbocycles. The summed E-state index contributed by atoms with van der Waals surface area (Å²) in [6.07, 6.45) is 5.54. The summed E-state index contributed by atoms with van der Waals surface area (Å²) in [5.74, 6) is 0. The summed E-state index contributed by atoms with van der Waals surface area (Å²) in [5.41, 5.74) is 0. The average Bonchev–Trinajstić information content (AvgIpc) is 3.03. The zero-order chi connectivity index (χ0) is 31.3. The molecule has 1 aliphatic heterocycles. The molecule has 0 fully saturated rings. The lowest BCUT2D eigenvalue weighted by Crippen LogP contribution is -2.67. The molecule has 0 amide bonds. The number of ether oxygens (including phenoxy) is 1. The highest BCUT2D eigenvalue weighted by molar-refractivity contribution is 7.00. The maximum absolute atomic E-state index is 7.43. The second-order valence-corrected chi connectivity index (χ2v) is 22.5. The van der Waals surface area contributed by atoms with Crippen LogP contribution in [0.15, 0.2) is 134 Å². The molecule has 230 valence electrons. The van der Waals surface area contributed by atoms with E-state index in [-0.39, 0.29) is 22.3 Å². The molecule has 5 rings (SSSR count). The van der Waals surface area contributed by atoms with Crippen LogP contribution >= 0.6 is 0 Å². The van der Waals surface area contributed by atoms with E-state index in [4.69, 9.17) is 13.6 Å². The third-order valence-corrected chi connectivity index (χ3v) is 19.1. The SMILES string of the molecule is CC(C)(C)[Si](OCC[C@@H]1C[C@@H](O[Si](c2ccccc2)(c2ccccc2)C(C)(C)C)C=CO1)(c1ccccc1)c1ccccc1. The fourth-order valence-corrected chi connectivity index (χ4v) is 16.2. The van der Waals surface area contributed by atoms with Gasteiger partial charge in [0.2, 0.25) is 0 Å². The second kappa shape index (κ2) is 13.4. The first-order valence-electron chi connectivity index (χ1n) is 15.9. The molecule has 0 aliphatic carbocycles. The van der Waals surface area contributed by atoms with Crippen LogP contribution in [0.25, 0.3) is 0 Å². The maximum Gasteiger partial charge on any atom is 0.261 e. The quantitative estimate of drug-likeness (QED) is 0.176. The van der Waals surface area contributed by atoms with Gasteiger partial charge in [0.15, 0.2) is 0 Å². The van der Waals surface area contributed by atoms with Crippen LogP contribution in [0.3, 0.4) is 0 Å². The zero-order valence-electron chi connectivity index (χ0n) is 27.2. The van der Waals surface area contributed by atoms with E-state index in [9.17, 15) is 0 Å². The van der Waals surface area contributed by atoms with Gasteiger partial charge in [0.25, 0.3) is 16.6 Å². The van der Waals surface area contributed by atoms with E-state index < -0.39 is 16.6 Å². The molecule has 4 aromatic rings. The van der Waals surface area contributed by atoms with Crippen molar-refractivity contribution >= 4 is 37.4 Å². The van der Waals surface area contributed by atoms with Gasteiger partial charge in [-0.25, -0.2) is 0 Å². The molecule has 0 N–H and O–H groups in total. The van der Waals surface area contributed by atoms with Crippen LogP contribution in [0.5, 0.6) is 0 Å². The van der Waals surface area contributed by atoms with Crippen LogP contribution in [0, 0.1) is 0 Å². The molecule has 0 unspecified atom stereocenters. The summed E-state index contributed by atoms with van der Waals surface area (Å²) in [5, 5.41) is 5.06. The van der Waals surface area contributed by atoms with Crippen LogP contribution in [-0.4, -0.2) is 35.4 Å². The molecule has 2 atom stereocenters. The van der Waals surface area contributed by atoms with Gasteiger partial charge in [-0.1, -0.05) is 163 Å². The number of benzene rings is 4.